The topological polar surface area (TPSA) is 82.1 Å². The first-order valence-corrected chi connectivity index (χ1v) is 12.3. The van der Waals surface area contributed by atoms with E-state index in [0.717, 1.165) is 27.8 Å². The summed E-state index contributed by atoms with van der Waals surface area (Å²) >= 11 is 0.760. The SMILES string of the molecule is C=CCc1cc(/C=C2/SC(=O)N([C@H](C)C(=O)OCC)C2=O)cc(OCC)c1OCc1ccc(F)cc1. The molecule has 0 aliphatic carbocycles. The highest BCUT2D eigenvalue weighted by molar-refractivity contribution is 8.18. The second kappa shape index (κ2) is 12.4. The highest BCUT2D eigenvalue weighted by atomic mass is 32.2. The first-order valence-electron chi connectivity index (χ1n) is 11.5. The van der Waals surface area contributed by atoms with Gasteiger partial charge < -0.3 is 14.2 Å². The Morgan fingerprint density at radius 1 is 1.14 bits per heavy atom. The van der Waals surface area contributed by atoms with Gasteiger partial charge in [-0.15, -0.1) is 6.58 Å². The Hall–Kier alpha value is -3.59. The standard InChI is InChI=1S/C27H28FNO6S/c1-5-8-20-13-19(15-23-25(30)29(27(32)36-23)17(4)26(31)34-7-3)14-22(33-6-2)24(20)35-16-18-9-11-21(28)12-10-18/h5,9-15,17H,1,6-8,16H2,2-4H3/b23-15+/t17-/m1/s1. The van der Waals surface area contributed by atoms with E-state index in [-0.39, 0.29) is 23.9 Å². The third-order valence-electron chi connectivity index (χ3n) is 5.25. The van der Waals surface area contributed by atoms with Gasteiger partial charge in [-0.05, 0) is 80.4 Å². The maximum atomic E-state index is 13.2. The van der Waals surface area contributed by atoms with Crippen LogP contribution in [0.25, 0.3) is 6.08 Å². The van der Waals surface area contributed by atoms with Gasteiger partial charge in [-0.1, -0.05) is 18.2 Å². The first-order chi connectivity index (χ1) is 17.3. The molecule has 2 aromatic rings. The lowest BCUT2D eigenvalue weighted by Gasteiger charge is -2.19. The molecule has 0 aromatic heterocycles. The number of halogens is 1. The summed E-state index contributed by atoms with van der Waals surface area (Å²) in [5.74, 6) is -0.556. The number of imide groups is 1. The molecule has 1 heterocycles. The van der Waals surface area contributed by atoms with E-state index in [1.807, 2.05) is 13.0 Å². The molecule has 1 fully saturated rings. The summed E-state index contributed by atoms with van der Waals surface area (Å²) in [5.41, 5.74) is 2.18. The summed E-state index contributed by atoms with van der Waals surface area (Å²) in [5, 5.41) is -0.539. The molecule has 2 aromatic carbocycles. The van der Waals surface area contributed by atoms with Crippen LogP contribution in [0.1, 0.15) is 37.5 Å². The van der Waals surface area contributed by atoms with Gasteiger partial charge in [0.2, 0.25) is 0 Å². The van der Waals surface area contributed by atoms with Gasteiger partial charge in [-0.25, -0.2) is 9.18 Å². The molecule has 36 heavy (non-hydrogen) atoms. The van der Waals surface area contributed by atoms with Crippen LogP contribution >= 0.6 is 11.8 Å². The number of rotatable bonds is 11. The van der Waals surface area contributed by atoms with Gasteiger partial charge in [0.25, 0.3) is 11.1 Å². The fourth-order valence-electron chi connectivity index (χ4n) is 3.57. The summed E-state index contributed by atoms with van der Waals surface area (Å²) in [6, 6.07) is 8.54. The number of thioether (sulfide) groups is 1. The van der Waals surface area contributed by atoms with Crippen molar-refractivity contribution in [3.8, 4) is 11.5 Å². The van der Waals surface area contributed by atoms with Crippen molar-refractivity contribution >= 4 is 35.0 Å². The van der Waals surface area contributed by atoms with Crippen LogP contribution in [-0.2, 0) is 27.4 Å². The third-order valence-corrected chi connectivity index (χ3v) is 6.13. The summed E-state index contributed by atoms with van der Waals surface area (Å²) < 4.78 is 30.1. The van der Waals surface area contributed by atoms with Crippen molar-refractivity contribution in [2.45, 2.75) is 39.8 Å². The Bertz CT molecular complexity index is 1180. The lowest BCUT2D eigenvalue weighted by Crippen LogP contribution is -2.42. The molecular formula is C27H28FNO6S. The van der Waals surface area contributed by atoms with E-state index in [4.69, 9.17) is 14.2 Å². The van der Waals surface area contributed by atoms with Crippen LogP contribution in [-0.4, -0.2) is 41.3 Å². The lowest BCUT2D eigenvalue weighted by atomic mass is 10.0. The number of benzene rings is 2. The van der Waals surface area contributed by atoms with Gasteiger partial charge in [-0.3, -0.25) is 14.5 Å². The van der Waals surface area contributed by atoms with Crippen LogP contribution in [0.15, 0.2) is 54.0 Å². The van der Waals surface area contributed by atoms with Crippen LogP contribution in [0.4, 0.5) is 9.18 Å². The van der Waals surface area contributed by atoms with Gasteiger partial charge in [0.15, 0.2) is 11.5 Å². The van der Waals surface area contributed by atoms with Crippen molar-refractivity contribution in [3.63, 3.8) is 0 Å². The highest BCUT2D eigenvalue weighted by Gasteiger charge is 2.41. The smallest absolute Gasteiger partial charge is 0.329 e. The molecule has 0 radical (unpaired) electrons. The highest BCUT2D eigenvalue weighted by Crippen LogP contribution is 2.38. The number of carbonyl (C=O) groups excluding carboxylic acids is 3. The molecule has 0 bridgehead atoms. The Balaban J connectivity index is 1.92. The predicted octanol–water partition coefficient (Wildman–Crippen LogP) is 5.52. The Labute approximate surface area is 213 Å². The molecule has 190 valence electrons. The monoisotopic (exact) mass is 513 g/mol. The van der Waals surface area contributed by atoms with E-state index < -0.39 is 23.2 Å². The maximum Gasteiger partial charge on any atom is 0.329 e. The predicted molar refractivity (Wildman–Crippen MR) is 136 cm³/mol. The molecule has 2 amide bonds. The van der Waals surface area contributed by atoms with Crippen LogP contribution < -0.4 is 9.47 Å². The number of ether oxygens (including phenoxy) is 3. The first kappa shape index (κ1) is 27.0. The van der Waals surface area contributed by atoms with E-state index in [1.54, 1.807) is 37.3 Å². The fraction of sp³-hybridized carbons (Fsp3) is 0.296. The van der Waals surface area contributed by atoms with E-state index >= 15 is 0 Å². The number of esters is 1. The molecule has 1 saturated heterocycles. The van der Waals surface area contributed by atoms with Crippen LogP contribution in [0.5, 0.6) is 11.5 Å². The summed E-state index contributed by atoms with van der Waals surface area (Å²) in [4.78, 5) is 38.6. The number of amides is 2. The van der Waals surface area contributed by atoms with Gasteiger partial charge >= 0.3 is 5.97 Å². The minimum Gasteiger partial charge on any atom is -0.490 e. The van der Waals surface area contributed by atoms with E-state index in [0.29, 0.717) is 30.1 Å². The molecule has 0 unspecified atom stereocenters. The number of allylic oxidation sites excluding steroid dienone is 1. The summed E-state index contributed by atoms with van der Waals surface area (Å²) in [6.45, 7) is 9.49. The lowest BCUT2D eigenvalue weighted by molar-refractivity contribution is -0.150. The fourth-order valence-corrected chi connectivity index (χ4v) is 4.48. The van der Waals surface area contributed by atoms with Crippen molar-refractivity contribution in [2.24, 2.45) is 0 Å². The quantitative estimate of drug-likeness (QED) is 0.222. The molecule has 0 N–H and O–H groups in total. The van der Waals surface area contributed by atoms with Crippen LogP contribution in [0.3, 0.4) is 0 Å². The van der Waals surface area contributed by atoms with Crippen LogP contribution in [0, 0.1) is 5.82 Å². The molecule has 0 saturated carbocycles. The summed E-state index contributed by atoms with van der Waals surface area (Å²) in [7, 11) is 0. The van der Waals surface area contributed by atoms with E-state index in [2.05, 4.69) is 6.58 Å². The van der Waals surface area contributed by atoms with Gasteiger partial charge in [0, 0.05) is 5.56 Å². The molecule has 7 nitrogen and oxygen atoms in total. The average molecular weight is 514 g/mol. The second-order valence-corrected chi connectivity index (χ2v) is 8.82. The number of carbonyl (C=O) groups is 3. The van der Waals surface area contributed by atoms with Gasteiger partial charge in [-0.2, -0.15) is 0 Å². The van der Waals surface area contributed by atoms with Crippen LogP contribution in [0.2, 0.25) is 0 Å². The second-order valence-electron chi connectivity index (χ2n) is 7.83. The molecule has 3 rings (SSSR count). The van der Waals surface area contributed by atoms with Gasteiger partial charge in [0.05, 0.1) is 18.1 Å². The summed E-state index contributed by atoms with van der Waals surface area (Å²) in [6.07, 6.45) is 3.76. The zero-order chi connectivity index (χ0) is 26.2. The maximum absolute atomic E-state index is 13.2. The molecular weight excluding hydrogens is 485 g/mol. The normalized spacial score (nSPS) is 15.2. The largest absolute Gasteiger partial charge is 0.490 e. The molecule has 1 aliphatic heterocycles. The molecule has 1 aliphatic rings. The zero-order valence-electron chi connectivity index (χ0n) is 20.4. The van der Waals surface area contributed by atoms with Crippen molar-refractivity contribution in [2.75, 3.05) is 13.2 Å². The van der Waals surface area contributed by atoms with Gasteiger partial charge in [0.1, 0.15) is 18.5 Å². The van der Waals surface area contributed by atoms with E-state index in [9.17, 15) is 18.8 Å². The zero-order valence-corrected chi connectivity index (χ0v) is 21.2. The third kappa shape index (κ3) is 6.34. The molecule has 1 atom stereocenters. The number of nitrogens with zero attached hydrogens (tertiary/aromatic N) is 1. The molecule has 0 spiro atoms. The minimum absolute atomic E-state index is 0.150. The minimum atomic E-state index is -1.03. The molecule has 9 heteroatoms. The number of hydrogen-bond donors (Lipinski definition) is 0. The Morgan fingerprint density at radius 2 is 1.86 bits per heavy atom. The van der Waals surface area contributed by atoms with Crippen molar-refractivity contribution < 1.29 is 33.0 Å². The Kier molecular flexibility index (Phi) is 9.30. The van der Waals surface area contributed by atoms with Crippen molar-refractivity contribution in [1.29, 1.82) is 0 Å². The number of hydrogen-bond acceptors (Lipinski definition) is 7. The van der Waals surface area contributed by atoms with Crippen molar-refractivity contribution in [1.82, 2.24) is 4.90 Å². The van der Waals surface area contributed by atoms with Crippen molar-refractivity contribution in [3.05, 3.63) is 76.5 Å². The average Bonchev–Trinajstić information content (AvgIpc) is 3.12. The van der Waals surface area contributed by atoms with E-state index in [1.165, 1.54) is 19.1 Å². The Morgan fingerprint density at radius 3 is 2.50 bits per heavy atom.